The first-order valence-corrected chi connectivity index (χ1v) is 19.8. The molecule has 2 unspecified atom stereocenters. The second-order valence-corrected chi connectivity index (χ2v) is 13.7. The fourth-order valence-electron chi connectivity index (χ4n) is 5.93. The van der Waals surface area contributed by atoms with E-state index in [9.17, 15) is 30.0 Å². The molecule has 1 aliphatic heterocycles. The predicted molar refractivity (Wildman–Crippen MR) is 192 cm³/mol. The summed E-state index contributed by atoms with van der Waals surface area (Å²) in [6.45, 7) is 3.36. The third kappa shape index (κ3) is 23.5. The Kier molecular flexibility index (Phi) is 28.9. The lowest BCUT2D eigenvalue weighted by atomic mass is 9.99. The highest BCUT2D eigenvalue weighted by atomic mass is 16.7. The molecule has 0 saturated carbocycles. The summed E-state index contributed by atoms with van der Waals surface area (Å²) < 4.78 is 22.0. The van der Waals surface area contributed by atoms with E-state index in [1.54, 1.807) is 0 Å². The molecule has 6 atom stereocenters. The molecule has 1 heterocycles. The van der Waals surface area contributed by atoms with Crippen LogP contribution in [0, 0.1) is 0 Å². The summed E-state index contributed by atoms with van der Waals surface area (Å²) >= 11 is 0. The number of carbonyl (C=O) groups is 2. The second kappa shape index (κ2) is 31.2. The summed E-state index contributed by atoms with van der Waals surface area (Å²) in [6.07, 6.45) is 22.2. The second-order valence-electron chi connectivity index (χ2n) is 13.7. The number of hydrogen-bond acceptors (Lipinski definition) is 10. The van der Waals surface area contributed by atoms with E-state index < -0.39 is 49.4 Å². The van der Waals surface area contributed by atoms with Crippen molar-refractivity contribution in [3.05, 3.63) is 12.2 Å². The average molecular weight is 701 g/mol. The van der Waals surface area contributed by atoms with Crippen LogP contribution in [0.3, 0.4) is 0 Å². The zero-order valence-corrected chi connectivity index (χ0v) is 30.9. The van der Waals surface area contributed by atoms with Gasteiger partial charge in [-0.1, -0.05) is 135 Å². The van der Waals surface area contributed by atoms with Crippen molar-refractivity contribution in [2.24, 2.45) is 0 Å². The van der Waals surface area contributed by atoms with Gasteiger partial charge in [-0.15, -0.1) is 0 Å². The van der Waals surface area contributed by atoms with Crippen LogP contribution in [0.5, 0.6) is 0 Å². The number of ether oxygens (including phenoxy) is 4. The third-order valence-electron chi connectivity index (χ3n) is 9.15. The van der Waals surface area contributed by atoms with Crippen molar-refractivity contribution in [1.82, 2.24) is 0 Å². The lowest BCUT2D eigenvalue weighted by molar-refractivity contribution is -0.305. The molecule has 0 aromatic carbocycles. The van der Waals surface area contributed by atoms with Crippen molar-refractivity contribution in [3.63, 3.8) is 0 Å². The number of carbonyl (C=O) groups excluding carboxylic acids is 2. The summed E-state index contributed by atoms with van der Waals surface area (Å²) in [5.74, 6) is -0.814. The van der Waals surface area contributed by atoms with Gasteiger partial charge in [-0.2, -0.15) is 0 Å². The molecule has 0 bridgehead atoms. The van der Waals surface area contributed by atoms with Crippen molar-refractivity contribution in [2.75, 3.05) is 19.8 Å². The van der Waals surface area contributed by atoms with E-state index in [0.29, 0.717) is 6.42 Å². The van der Waals surface area contributed by atoms with Crippen LogP contribution in [-0.2, 0) is 28.5 Å². The van der Waals surface area contributed by atoms with Crippen LogP contribution in [-0.4, -0.2) is 89.0 Å². The van der Waals surface area contributed by atoms with E-state index in [1.807, 2.05) is 0 Å². The summed E-state index contributed by atoms with van der Waals surface area (Å²) in [5.41, 5.74) is 0. The molecule has 0 aromatic heterocycles. The van der Waals surface area contributed by atoms with Crippen molar-refractivity contribution < 1.29 is 49.0 Å². The molecule has 1 saturated heterocycles. The summed E-state index contributed by atoms with van der Waals surface area (Å²) in [5, 5.41) is 39.9. The molecule has 1 aliphatic rings. The van der Waals surface area contributed by atoms with Gasteiger partial charge >= 0.3 is 11.9 Å². The molecule has 1 rings (SSSR count). The van der Waals surface area contributed by atoms with E-state index in [1.165, 1.54) is 77.0 Å². The zero-order valence-electron chi connectivity index (χ0n) is 30.9. The fraction of sp³-hybridized carbons (Fsp3) is 0.897. The van der Waals surface area contributed by atoms with Crippen LogP contribution < -0.4 is 0 Å². The molecule has 49 heavy (non-hydrogen) atoms. The highest BCUT2D eigenvalue weighted by Crippen LogP contribution is 2.22. The Bertz CT molecular complexity index is 820. The van der Waals surface area contributed by atoms with E-state index in [-0.39, 0.29) is 32.0 Å². The normalized spacial score (nSPS) is 21.6. The van der Waals surface area contributed by atoms with Crippen molar-refractivity contribution >= 4 is 11.9 Å². The quantitative estimate of drug-likeness (QED) is 0.0322. The van der Waals surface area contributed by atoms with Gasteiger partial charge in [-0.3, -0.25) is 9.59 Å². The Morgan fingerprint density at radius 2 is 1.10 bits per heavy atom. The molecule has 0 aliphatic carbocycles. The summed E-state index contributed by atoms with van der Waals surface area (Å²) in [4.78, 5) is 25.1. The smallest absolute Gasteiger partial charge is 0.306 e. The van der Waals surface area contributed by atoms with Crippen molar-refractivity contribution in [2.45, 2.75) is 205 Å². The minimum atomic E-state index is -1.59. The number of aliphatic hydroxyl groups excluding tert-OH is 4. The number of aliphatic hydroxyl groups is 4. The fourth-order valence-corrected chi connectivity index (χ4v) is 5.93. The SMILES string of the molecule is CCCC/C=C/CCCCCCCC(=O)O[C@@H](COC(=O)CCCCCCCCCCCCCCC)CO[C@H]1O[C@@H](CO)[C@@H](O)C(O)C1O. The molecular formula is C39H72O10. The molecule has 0 spiro atoms. The summed E-state index contributed by atoms with van der Waals surface area (Å²) in [6, 6.07) is 0. The van der Waals surface area contributed by atoms with Gasteiger partial charge in [0, 0.05) is 12.8 Å². The summed E-state index contributed by atoms with van der Waals surface area (Å²) in [7, 11) is 0. The van der Waals surface area contributed by atoms with Gasteiger partial charge in [-0.25, -0.2) is 0 Å². The van der Waals surface area contributed by atoms with Gasteiger partial charge in [0.05, 0.1) is 13.2 Å². The lowest BCUT2D eigenvalue weighted by Gasteiger charge is -2.39. The lowest BCUT2D eigenvalue weighted by Crippen LogP contribution is -2.59. The van der Waals surface area contributed by atoms with Crippen LogP contribution in [0.1, 0.15) is 168 Å². The van der Waals surface area contributed by atoms with Gasteiger partial charge in [0.15, 0.2) is 12.4 Å². The standard InChI is InChI=1S/C39H72O10/c1-3-5-7-9-11-13-15-16-18-19-21-23-25-27-34(41)46-30-32(31-47-39-38(45)37(44)36(43)33(29-40)49-39)48-35(42)28-26-24-22-20-17-14-12-10-8-6-4-2/h10,12,32-33,36-40,43-45H,3-9,11,13-31H2,1-2H3/b12-10+/t32-,33-,36+,37?,38?,39-/m0/s1. The van der Waals surface area contributed by atoms with Crippen LogP contribution in [0.15, 0.2) is 12.2 Å². The van der Waals surface area contributed by atoms with Gasteiger partial charge in [0.2, 0.25) is 0 Å². The molecule has 0 radical (unpaired) electrons. The Morgan fingerprint density at radius 1 is 0.612 bits per heavy atom. The molecule has 10 heteroatoms. The van der Waals surface area contributed by atoms with E-state index >= 15 is 0 Å². The Hall–Kier alpha value is -1.56. The Morgan fingerprint density at radius 3 is 1.65 bits per heavy atom. The highest BCUT2D eigenvalue weighted by Gasteiger charge is 2.44. The number of allylic oxidation sites excluding steroid dienone is 2. The maximum absolute atomic E-state index is 12.7. The van der Waals surface area contributed by atoms with Crippen molar-refractivity contribution in [3.8, 4) is 0 Å². The minimum absolute atomic E-state index is 0.216. The highest BCUT2D eigenvalue weighted by molar-refractivity contribution is 5.70. The van der Waals surface area contributed by atoms with E-state index in [0.717, 1.165) is 57.8 Å². The average Bonchev–Trinajstić information content (AvgIpc) is 3.10. The van der Waals surface area contributed by atoms with E-state index in [2.05, 4.69) is 26.0 Å². The number of unbranched alkanes of at least 4 members (excludes halogenated alkanes) is 19. The monoisotopic (exact) mass is 701 g/mol. The molecule has 1 fully saturated rings. The number of esters is 2. The number of rotatable bonds is 32. The topological polar surface area (TPSA) is 152 Å². The van der Waals surface area contributed by atoms with Crippen LogP contribution >= 0.6 is 0 Å². The predicted octanol–water partition coefficient (Wildman–Crippen LogP) is 7.22. The molecular weight excluding hydrogens is 628 g/mol. The minimum Gasteiger partial charge on any atom is -0.462 e. The molecule has 288 valence electrons. The maximum atomic E-state index is 12.7. The number of hydrogen-bond donors (Lipinski definition) is 4. The first-order valence-electron chi connectivity index (χ1n) is 19.8. The molecule has 4 N–H and O–H groups in total. The Balaban J connectivity index is 2.39. The maximum Gasteiger partial charge on any atom is 0.306 e. The largest absolute Gasteiger partial charge is 0.462 e. The first-order chi connectivity index (χ1) is 23.8. The Labute approximate surface area is 297 Å². The zero-order chi connectivity index (χ0) is 36.0. The molecule has 0 aromatic rings. The van der Waals surface area contributed by atoms with Crippen molar-refractivity contribution in [1.29, 1.82) is 0 Å². The van der Waals surface area contributed by atoms with Crippen LogP contribution in [0.2, 0.25) is 0 Å². The van der Waals surface area contributed by atoms with Gasteiger partial charge in [-0.05, 0) is 32.1 Å². The van der Waals surface area contributed by atoms with Crippen LogP contribution in [0.25, 0.3) is 0 Å². The first kappa shape index (κ1) is 45.5. The van der Waals surface area contributed by atoms with Gasteiger partial charge in [0.1, 0.15) is 31.0 Å². The van der Waals surface area contributed by atoms with Crippen LogP contribution in [0.4, 0.5) is 0 Å². The van der Waals surface area contributed by atoms with E-state index in [4.69, 9.17) is 18.9 Å². The van der Waals surface area contributed by atoms with Gasteiger partial charge < -0.3 is 39.4 Å². The van der Waals surface area contributed by atoms with Gasteiger partial charge in [0.25, 0.3) is 0 Å². The molecule has 0 amide bonds. The third-order valence-corrected chi connectivity index (χ3v) is 9.15. The molecule has 10 nitrogen and oxygen atoms in total.